The highest BCUT2D eigenvalue weighted by atomic mass is 79.9. The van der Waals surface area contributed by atoms with Crippen molar-refractivity contribution in [1.82, 2.24) is 9.80 Å². The Morgan fingerprint density at radius 2 is 2.00 bits per heavy atom. The zero-order valence-electron chi connectivity index (χ0n) is 16.0. The van der Waals surface area contributed by atoms with Gasteiger partial charge in [-0.15, -0.1) is 0 Å². The molecule has 1 heterocycles. The van der Waals surface area contributed by atoms with Crippen LogP contribution in [0, 0.1) is 0 Å². The van der Waals surface area contributed by atoms with Gasteiger partial charge in [-0.05, 0) is 71.7 Å². The van der Waals surface area contributed by atoms with Crippen molar-refractivity contribution in [3.05, 3.63) is 27.9 Å². The van der Waals surface area contributed by atoms with Crippen molar-refractivity contribution in [3.63, 3.8) is 0 Å². The molecular formula is C20H25BrN2O3S. The van der Waals surface area contributed by atoms with Crippen molar-refractivity contribution in [3.8, 4) is 11.5 Å². The second-order valence-corrected chi connectivity index (χ2v) is 8.02. The molecule has 0 bridgehead atoms. The molecule has 1 aromatic carbocycles. The highest BCUT2D eigenvalue weighted by molar-refractivity contribution is 9.10. The molecule has 1 saturated heterocycles. The summed E-state index contributed by atoms with van der Waals surface area (Å²) in [5.74, 6) is 1.27. The molecule has 1 aromatic rings. The fourth-order valence-corrected chi connectivity index (χ4v) is 4.68. The molecule has 3 rings (SSSR count). The van der Waals surface area contributed by atoms with E-state index >= 15 is 0 Å². The van der Waals surface area contributed by atoms with Gasteiger partial charge in [0.25, 0.3) is 5.91 Å². The molecule has 2 aliphatic rings. The number of benzene rings is 1. The van der Waals surface area contributed by atoms with E-state index in [9.17, 15) is 4.79 Å². The van der Waals surface area contributed by atoms with Crippen LogP contribution in [0.5, 0.6) is 11.5 Å². The molecule has 1 amide bonds. The predicted molar refractivity (Wildman–Crippen MR) is 114 cm³/mol. The maximum Gasteiger partial charge on any atom is 0.277 e. The topological polar surface area (TPSA) is 42.0 Å². The Balaban J connectivity index is 1.94. The number of halogens is 1. The highest BCUT2D eigenvalue weighted by Gasteiger charge is 2.40. The number of thiocarbonyl (C=S) groups is 1. The molecule has 1 saturated carbocycles. The van der Waals surface area contributed by atoms with Gasteiger partial charge >= 0.3 is 0 Å². The monoisotopic (exact) mass is 452 g/mol. The average molecular weight is 453 g/mol. The molecule has 0 unspecified atom stereocenters. The third kappa shape index (κ3) is 3.99. The summed E-state index contributed by atoms with van der Waals surface area (Å²) in [5.41, 5.74) is 1.44. The van der Waals surface area contributed by atoms with Gasteiger partial charge in [-0.2, -0.15) is 0 Å². The summed E-state index contributed by atoms with van der Waals surface area (Å²) in [6, 6.07) is 4.02. The molecule has 1 aliphatic heterocycles. The van der Waals surface area contributed by atoms with Crippen LogP contribution in [-0.4, -0.2) is 47.6 Å². The van der Waals surface area contributed by atoms with Gasteiger partial charge in [0.05, 0.1) is 18.2 Å². The van der Waals surface area contributed by atoms with Crippen LogP contribution < -0.4 is 9.47 Å². The van der Waals surface area contributed by atoms with E-state index in [1.165, 1.54) is 6.42 Å². The van der Waals surface area contributed by atoms with Gasteiger partial charge in [-0.25, -0.2) is 0 Å². The molecule has 0 N–H and O–H groups in total. The summed E-state index contributed by atoms with van der Waals surface area (Å²) in [6.45, 7) is 2.45. The first-order valence-electron chi connectivity index (χ1n) is 9.31. The number of rotatable bonds is 5. The predicted octanol–water partition coefficient (Wildman–Crippen LogP) is 4.59. The third-order valence-corrected chi connectivity index (χ3v) is 6.13. The number of likely N-dealkylation sites (N-methyl/N-ethyl adjacent to an activating group) is 1. The second kappa shape index (κ2) is 8.61. The van der Waals surface area contributed by atoms with Gasteiger partial charge < -0.3 is 14.4 Å². The molecule has 0 atom stereocenters. The van der Waals surface area contributed by atoms with Crippen molar-refractivity contribution in [1.29, 1.82) is 0 Å². The fraction of sp³-hybridized carbons (Fsp3) is 0.500. The van der Waals surface area contributed by atoms with E-state index in [2.05, 4.69) is 15.9 Å². The SMILES string of the molecule is CCOc1cc(/C=C2/C(=O)N(C3CCCCC3)C(=S)N2C)cc(Br)c1OC. The number of amides is 1. The third-order valence-electron chi connectivity index (χ3n) is 5.07. The van der Waals surface area contributed by atoms with E-state index in [0.29, 0.717) is 28.9 Å². The first kappa shape index (κ1) is 20.1. The minimum Gasteiger partial charge on any atom is -0.492 e. The standard InChI is InChI=1S/C20H25BrN2O3S/c1-4-26-17-12-13(10-15(21)18(17)25-3)11-16-19(24)23(20(27)22(16)2)14-8-6-5-7-9-14/h10-12,14H,4-9H2,1-3H3/b16-11-. The number of carbonyl (C=O) groups is 1. The largest absolute Gasteiger partial charge is 0.492 e. The summed E-state index contributed by atoms with van der Waals surface area (Å²) in [7, 11) is 3.46. The van der Waals surface area contributed by atoms with Gasteiger partial charge in [0, 0.05) is 13.1 Å². The van der Waals surface area contributed by atoms with Crippen molar-refractivity contribution in [2.75, 3.05) is 20.8 Å². The molecular weight excluding hydrogens is 428 g/mol. The van der Waals surface area contributed by atoms with Crippen LogP contribution in [0.25, 0.3) is 6.08 Å². The first-order valence-corrected chi connectivity index (χ1v) is 10.5. The summed E-state index contributed by atoms with van der Waals surface area (Å²) >= 11 is 9.11. The quantitative estimate of drug-likeness (QED) is 0.482. The van der Waals surface area contributed by atoms with Crippen LogP contribution in [0.2, 0.25) is 0 Å². The minimum atomic E-state index is -0.0145. The lowest BCUT2D eigenvalue weighted by atomic mass is 9.94. The normalized spacial score (nSPS) is 19.9. The molecule has 1 aliphatic carbocycles. The smallest absolute Gasteiger partial charge is 0.277 e. The molecule has 27 heavy (non-hydrogen) atoms. The van der Waals surface area contributed by atoms with Crippen molar-refractivity contribution in [2.24, 2.45) is 0 Å². The van der Waals surface area contributed by atoms with E-state index in [0.717, 1.165) is 35.7 Å². The molecule has 2 fully saturated rings. The van der Waals surface area contributed by atoms with Gasteiger partial charge in [0.2, 0.25) is 0 Å². The lowest BCUT2D eigenvalue weighted by Gasteiger charge is -2.30. The number of carbonyl (C=O) groups excluding carboxylic acids is 1. The van der Waals surface area contributed by atoms with Gasteiger partial charge in [-0.3, -0.25) is 9.69 Å². The highest BCUT2D eigenvalue weighted by Crippen LogP contribution is 2.38. The lowest BCUT2D eigenvalue weighted by molar-refractivity contribution is -0.124. The summed E-state index contributed by atoms with van der Waals surface area (Å²) < 4.78 is 11.9. The van der Waals surface area contributed by atoms with E-state index < -0.39 is 0 Å². The number of hydrogen-bond acceptors (Lipinski definition) is 4. The summed E-state index contributed by atoms with van der Waals surface area (Å²) in [4.78, 5) is 16.7. The van der Waals surface area contributed by atoms with Gasteiger partial charge in [0.15, 0.2) is 16.6 Å². The maximum absolute atomic E-state index is 13.1. The number of ether oxygens (including phenoxy) is 2. The van der Waals surface area contributed by atoms with Crippen LogP contribution in [0.4, 0.5) is 0 Å². The zero-order valence-corrected chi connectivity index (χ0v) is 18.4. The second-order valence-electron chi connectivity index (χ2n) is 6.81. The summed E-state index contributed by atoms with van der Waals surface area (Å²) in [6.07, 6.45) is 7.46. The Morgan fingerprint density at radius 1 is 1.30 bits per heavy atom. The van der Waals surface area contributed by atoms with Crippen LogP contribution >= 0.6 is 28.1 Å². The molecule has 0 aromatic heterocycles. The Kier molecular flexibility index (Phi) is 6.42. The fourth-order valence-electron chi connectivity index (χ4n) is 3.73. The molecule has 146 valence electrons. The molecule has 5 nitrogen and oxygen atoms in total. The molecule has 0 spiro atoms. The van der Waals surface area contributed by atoms with Crippen molar-refractivity contribution < 1.29 is 14.3 Å². The van der Waals surface area contributed by atoms with E-state index in [4.69, 9.17) is 21.7 Å². The maximum atomic E-state index is 13.1. The number of hydrogen-bond donors (Lipinski definition) is 0. The van der Waals surface area contributed by atoms with Gasteiger partial charge in [-0.1, -0.05) is 19.3 Å². The van der Waals surface area contributed by atoms with E-state index in [-0.39, 0.29) is 11.9 Å². The van der Waals surface area contributed by atoms with Crippen molar-refractivity contribution in [2.45, 2.75) is 45.1 Å². The van der Waals surface area contributed by atoms with Gasteiger partial charge in [0.1, 0.15) is 5.70 Å². The lowest BCUT2D eigenvalue weighted by Crippen LogP contribution is -2.41. The zero-order chi connectivity index (χ0) is 19.6. The Morgan fingerprint density at radius 3 is 2.63 bits per heavy atom. The number of nitrogens with zero attached hydrogens (tertiary/aromatic N) is 2. The van der Waals surface area contributed by atoms with Crippen molar-refractivity contribution >= 4 is 45.2 Å². The Labute approximate surface area is 174 Å². The van der Waals surface area contributed by atoms with Crippen LogP contribution in [0.15, 0.2) is 22.3 Å². The first-order chi connectivity index (χ1) is 13.0. The Bertz CT molecular complexity index is 775. The number of methoxy groups -OCH3 is 1. The van der Waals surface area contributed by atoms with E-state index in [1.807, 2.05) is 42.0 Å². The van der Waals surface area contributed by atoms with Crippen LogP contribution in [-0.2, 0) is 4.79 Å². The molecule has 7 heteroatoms. The summed E-state index contributed by atoms with van der Waals surface area (Å²) in [5, 5.41) is 0.593. The van der Waals surface area contributed by atoms with Crippen LogP contribution in [0.1, 0.15) is 44.6 Å². The van der Waals surface area contributed by atoms with Crippen LogP contribution in [0.3, 0.4) is 0 Å². The Hall–Kier alpha value is -1.60. The minimum absolute atomic E-state index is 0.0145. The average Bonchev–Trinajstić information content (AvgIpc) is 2.86. The van der Waals surface area contributed by atoms with E-state index in [1.54, 1.807) is 7.11 Å². The molecule has 0 radical (unpaired) electrons.